The topological polar surface area (TPSA) is 50.3 Å². The van der Waals surface area contributed by atoms with Crippen molar-refractivity contribution < 1.29 is 9.90 Å². The molecule has 2 aromatic rings. The van der Waals surface area contributed by atoms with E-state index >= 15 is 0 Å². The number of carbonyl (C=O) groups is 1. The number of piperazine rings is 2. The van der Waals surface area contributed by atoms with Gasteiger partial charge in [-0.3, -0.25) is 14.6 Å². The number of aromatic hydroxyl groups is 1. The molecule has 30 heavy (non-hydrogen) atoms. The summed E-state index contributed by atoms with van der Waals surface area (Å²) < 4.78 is 0. The molecule has 1 N–H and O–H groups in total. The van der Waals surface area contributed by atoms with Crippen molar-refractivity contribution in [3.63, 3.8) is 0 Å². The van der Waals surface area contributed by atoms with E-state index in [4.69, 9.17) is 0 Å². The van der Waals surface area contributed by atoms with Gasteiger partial charge in [0.2, 0.25) is 5.91 Å². The molecule has 0 saturated carbocycles. The van der Waals surface area contributed by atoms with Gasteiger partial charge >= 0.3 is 0 Å². The largest absolute Gasteiger partial charge is 0.506 e. The van der Waals surface area contributed by atoms with Gasteiger partial charge in [0, 0.05) is 58.9 Å². The third-order valence-corrected chi connectivity index (χ3v) is 6.37. The minimum absolute atomic E-state index is 0.0998. The Kier molecular flexibility index (Phi) is 6.55. The number of anilines is 1. The SMILES string of the molecule is C[C@H](C(=O)N1CCN(Cc2ccccc2)CC1)N1CCN(c2ccccc2O)CC1. The van der Waals surface area contributed by atoms with E-state index in [0.29, 0.717) is 5.75 Å². The van der Waals surface area contributed by atoms with Crippen molar-refractivity contribution in [2.24, 2.45) is 0 Å². The monoisotopic (exact) mass is 408 g/mol. The van der Waals surface area contributed by atoms with Gasteiger partial charge in [-0.25, -0.2) is 0 Å². The second-order valence-electron chi connectivity index (χ2n) is 8.27. The summed E-state index contributed by atoms with van der Waals surface area (Å²) in [4.78, 5) is 22.0. The quantitative estimate of drug-likeness (QED) is 0.822. The second kappa shape index (κ2) is 9.49. The van der Waals surface area contributed by atoms with Crippen molar-refractivity contribution in [2.75, 3.05) is 57.3 Å². The second-order valence-corrected chi connectivity index (χ2v) is 8.27. The van der Waals surface area contributed by atoms with Gasteiger partial charge in [-0.15, -0.1) is 0 Å². The molecule has 4 rings (SSSR count). The molecule has 0 bridgehead atoms. The van der Waals surface area contributed by atoms with Gasteiger partial charge < -0.3 is 14.9 Å². The molecule has 6 heteroatoms. The normalized spacial score (nSPS) is 19.6. The van der Waals surface area contributed by atoms with Gasteiger partial charge in [0.25, 0.3) is 0 Å². The van der Waals surface area contributed by atoms with Gasteiger partial charge in [-0.1, -0.05) is 42.5 Å². The smallest absolute Gasteiger partial charge is 0.239 e. The summed E-state index contributed by atoms with van der Waals surface area (Å²) in [7, 11) is 0. The van der Waals surface area contributed by atoms with E-state index in [-0.39, 0.29) is 11.9 Å². The maximum Gasteiger partial charge on any atom is 0.239 e. The summed E-state index contributed by atoms with van der Waals surface area (Å²) in [6.45, 7) is 9.73. The molecule has 0 aromatic heterocycles. The van der Waals surface area contributed by atoms with E-state index in [1.807, 2.05) is 36.1 Å². The van der Waals surface area contributed by atoms with Crippen LogP contribution in [0.1, 0.15) is 12.5 Å². The molecule has 0 radical (unpaired) electrons. The number of phenolic OH excluding ortho intramolecular Hbond substituents is 1. The van der Waals surface area contributed by atoms with Crippen LogP contribution in [0, 0.1) is 0 Å². The summed E-state index contributed by atoms with van der Waals surface area (Å²) >= 11 is 0. The van der Waals surface area contributed by atoms with Crippen molar-refractivity contribution >= 4 is 11.6 Å². The lowest BCUT2D eigenvalue weighted by Gasteiger charge is -2.41. The number of phenols is 1. The summed E-state index contributed by atoms with van der Waals surface area (Å²) in [6, 6.07) is 17.9. The van der Waals surface area contributed by atoms with Crippen LogP contribution in [0.5, 0.6) is 5.75 Å². The number of hydrogen-bond donors (Lipinski definition) is 1. The van der Waals surface area contributed by atoms with Crippen molar-refractivity contribution in [1.29, 1.82) is 0 Å². The van der Waals surface area contributed by atoms with E-state index in [1.165, 1.54) is 5.56 Å². The van der Waals surface area contributed by atoms with Crippen LogP contribution in [-0.4, -0.2) is 84.1 Å². The lowest BCUT2D eigenvalue weighted by Crippen LogP contribution is -2.57. The zero-order valence-electron chi connectivity index (χ0n) is 17.8. The van der Waals surface area contributed by atoms with E-state index in [9.17, 15) is 9.90 Å². The minimum atomic E-state index is -0.0998. The van der Waals surface area contributed by atoms with Gasteiger partial charge in [0.1, 0.15) is 5.75 Å². The maximum absolute atomic E-state index is 13.1. The van der Waals surface area contributed by atoms with Crippen molar-refractivity contribution in [3.8, 4) is 5.75 Å². The number of hydrogen-bond acceptors (Lipinski definition) is 5. The van der Waals surface area contributed by atoms with Crippen LogP contribution in [0.25, 0.3) is 0 Å². The molecule has 2 aliphatic rings. The summed E-state index contributed by atoms with van der Waals surface area (Å²) in [5.74, 6) is 0.564. The predicted octanol–water partition coefficient (Wildman–Crippen LogP) is 2.25. The number of para-hydroxylation sites is 2. The summed E-state index contributed by atoms with van der Waals surface area (Å²) in [5.41, 5.74) is 2.21. The van der Waals surface area contributed by atoms with Crippen LogP contribution in [0.15, 0.2) is 54.6 Å². The van der Waals surface area contributed by atoms with Crippen LogP contribution in [0.4, 0.5) is 5.69 Å². The first-order valence-corrected chi connectivity index (χ1v) is 10.9. The molecular weight excluding hydrogens is 376 g/mol. The highest BCUT2D eigenvalue weighted by Gasteiger charge is 2.30. The van der Waals surface area contributed by atoms with Crippen LogP contribution in [0.2, 0.25) is 0 Å². The zero-order chi connectivity index (χ0) is 20.9. The molecule has 2 heterocycles. The number of rotatable bonds is 5. The molecule has 1 amide bonds. The number of amides is 1. The van der Waals surface area contributed by atoms with E-state index in [0.717, 1.165) is 64.6 Å². The molecule has 2 fully saturated rings. The van der Waals surface area contributed by atoms with Crippen molar-refractivity contribution in [3.05, 3.63) is 60.2 Å². The fraction of sp³-hybridized carbons (Fsp3) is 0.458. The summed E-state index contributed by atoms with van der Waals surface area (Å²) in [5, 5.41) is 10.1. The fourth-order valence-electron chi connectivity index (χ4n) is 4.47. The Labute approximate surface area is 179 Å². The highest BCUT2D eigenvalue weighted by Crippen LogP contribution is 2.27. The molecule has 1 atom stereocenters. The lowest BCUT2D eigenvalue weighted by atomic mass is 10.1. The lowest BCUT2D eigenvalue weighted by molar-refractivity contribution is -0.138. The average molecular weight is 409 g/mol. The highest BCUT2D eigenvalue weighted by molar-refractivity contribution is 5.81. The van der Waals surface area contributed by atoms with Crippen LogP contribution in [0.3, 0.4) is 0 Å². The van der Waals surface area contributed by atoms with Gasteiger partial charge in [0.05, 0.1) is 11.7 Å². The molecule has 0 spiro atoms. The minimum Gasteiger partial charge on any atom is -0.506 e. The molecule has 160 valence electrons. The Morgan fingerprint density at radius 2 is 1.50 bits per heavy atom. The Morgan fingerprint density at radius 3 is 2.17 bits per heavy atom. The first-order valence-electron chi connectivity index (χ1n) is 10.9. The van der Waals surface area contributed by atoms with Crippen LogP contribution < -0.4 is 4.90 Å². The van der Waals surface area contributed by atoms with Gasteiger partial charge in [-0.05, 0) is 24.6 Å². The average Bonchev–Trinajstić information content (AvgIpc) is 2.80. The van der Waals surface area contributed by atoms with Crippen LogP contribution >= 0.6 is 0 Å². The third-order valence-electron chi connectivity index (χ3n) is 6.37. The van der Waals surface area contributed by atoms with Crippen molar-refractivity contribution in [2.45, 2.75) is 19.5 Å². The molecule has 2 aliphatic heterocycles. The van der Waals surface area contributed by atoms with Gasteiger partial charge in [0.15, 0.2) is 0 Å². The molecule has 2 aromatic carbocycles. The predicted molar refractivity (Wildman–Crippen MR) is 120 cm³/mol. The van der Waals surface area contributed by atoms with E-state index < -0.39 is 0 Å². The first-order chi connectivity index (χ1) is 14.6. The van der Waals surface area contributed by atoms with E-state index in [2.05, 4.69) is 39.0 Å². The number of carbonyl (C=O) groups excluding carboxylic acids is 1. The van der Waals surface area contributed by atoms with E-state index in [1.54, 1.807) is 6.07 Å². The first kappa shape index (κ1) is 20.7. The molecular formula is C24H32N4O2. The fourth-order valence-corrected chi connectivity index (χ4v) is 4.47. The van der Waals surface area contributed by atoms with Crippen molar-refractivity contribution in [1.82, 2.24) is 14.7 Å². The third kappa shape index (κ3) is 4.77. The summed E-state index contributed by atoms with van der Waals surface area (Å²) in [6.07, 6.45) is 0. The molecule has 2 saturated heterocycles. The van der Waals surface area contributed by atoms with Crippen LogP contribution in [-0.2, 0) is 11.3 Å². The zero-order valence-corrected chi connectivity index (χ0v) is 17.8. The Balaban J connectivity index is 1.25. The Hall–Kier alpha value is -2.57. The highest BCUT2D eigenvalue weighted by atomic mass is 16.3. The number of benzene rings is 2. The maximum atomic E-state index is 13.1. The standard InChI is InChI=1S/C24H32N4O2/c1-20(26-15-17-27(18-16-26)22-9-5-6-10-23(22)29)24(30)28-13-11-25(12-14-28)19-21-7-3-2-4-8-21/h2-10,20,29H,11-19H2,1H3/t20-/m1/s1. The molecule has 0 aliphatic carbocycles. The number of nitrogens with zero attached hydrogens (tertiary/aromatic N) is 4. The Morgan fingerprint density at radius 1 is 0.867 bits per heavy atom. The molecule has 0 unspecified atom stereocenters. The van der Waals surface area contributed by atoms with Gasteiger partial charge in [-0.2, -0.15) is 0 Å². The Bertz CT molecular complexity index is 828. The molecule has 6 nitrogen and oxygen atoms in total.